The van der Waals surface area contributed by atoms with Crippen molar-refractivity contribution in [3.05, 3.63) is 0 Å². The third-order valence-corrected chi connectivity index (χ3v) is 1.99. The van der Waals surface area contributed by atoms with E-state index in [0.717, 1.165) is 39.1 Å². The highest BCUT2D eigenvalue weighted by Gasteiger charge is 1.93. The van der Waals surface area contributed by atoms with Gasteiger partial charge in [0.15, 0.2) is 0 Å². The van der Waals surface area contributed by atoms with Crippen molar-refractivity contribution in [2.75, 3.05) is 40.1 Å². The number of unbranched alkanes of at least 4 members (excludes halogenated alkanes) is 1. The number of amidine groups is 1. The summed E-state index contributed by atoms with van der Waals surface area (Å²) in [4.78, 5) is 0. The van der Waals surface area contributed by atoms with Gasteiger partial charge in [0.05, 0.1) is 19.0 Å². The van der Waals surface area contributed by atoms with Gasteiger partial charge in [-0.15, -0.1) is 0 Å². The highest BCUT2D eigenvalue weighted by atomic mass is 16.5. The standard InChI is InChI=1S/C11H24N2O3/c1-14-9-10-16-8-4-7-15-6-3-2-5-11(12)13/h2-10H2,1H3,(H3,12,13). The zero-order valence-corrected chi connectivity index (χ0v) is 10.2. The SMILES string of the molecule is COCCOCCCOCCCCC(=N)N. The quantitative estimate of drug-likeness (QED) is 0.301. The molecule has 0 aromatic rings. The van der Waals surface area contributed by atoms with Crippen molar-refractivity contribution < 1.29 is 14.2 Å². The van der Waals surface area contributed by atoms with Gasteiger partial charge in [-0.3, -0.25) is 5.41 Å². The van der Waals surface area contributed by atoms with Crippen molar-refractivity contribution in [2.45, 2.75) is 25.7 Å². The molecule has 0 heterocycles. The van der Waals surface area contributed by atoms with Crippen LogP contribution in [0.5, 0.6) is 0 Å². The molecule has 0 aromatic carbocycles. The van der Waals surface area contributed by atoms with E-state index in [1.54, 1.807) is 7.11 Å². The summed E-state index contributed by atoms with van der Waals surface area (Å²) in [5.41, 5.74) is 5.23. The average molecular weight is 232 g/mol. The van der Waals surface area contributed by atoms with Crippen LogP contribution in [0.2, 0.25) is 0 Å². The first-order valence-electron chi connectivity index (χ1n) is 5.74. The zero-order chi connectivity index (χ0) is 12.1. The van der Waals surface area contributed by atoms with Gasteiger partial charge in [-0.05, 0) is 19.3 Å². The molecule has 0 unspecified atom stereocenters. The minimum absolute atomic E-state index is 0.256. The van der Waals surface area contributed by atoms with Crippen molar-refractivity contribution in [1.82, 2.24) is 0 Å². The van der Waals surface area contributed by atoms with Crippen molar-refractivity contribution in [2.24, 2.45) is 5.73 Å². The van der Waals surface area contributed by atoms with Crippen LogP contribution < -0.4 is 5.73 Å². The fraction of sp³-hybridized carbons (Fsp3) is 0.909. The summed E-state index contributed by atoms with van der Waals surface area (Å²) in [7, 11) is 1.66. The summed E-state index contributed by atoms with van der Waals surface area (Å²) >= 11 is 0. The monoisotopic (exact) mass is 232 g/mol. The van der Waals surface area contributed by atoms with Gasteiger partial charge in [0.1, 0.15) is 0 Å². The minimum atomic E-state index is 0.256. The van der Waals surface area contributed by atoms with Gasteiger partial charge >= 0.3 is 0 Å². The molecule has 0 fully saturated rings. The fourth-order valence-corrected chi connectivity index (χ4v) is 1.13. The minimum Gasteiger partial charge on any atom is -0.388 e. The maximum Gasteiger partial charge on any atom is 0.0905 e. The molecule has 0 aliphatic heterocycles. The van der Waals surface area contributed by atoms with Crippen LogP contribution in [0.15, 0.2) is 0 Å². The van der Waals surface area contributed by atoms with Crippen LogP contribution in [0.4, 0.5) is 0 Å². The predicted octanol–water partition coefficient (Wildman–Crippen LogP) is 1.16. The van der Waals surface area contributed by atoms with Crippen LogP contribution in [0.1, 0.15) is 25.7 Å². The maximum absolute atomic E-state index is 7.03. The lowest BCUT2D eigenvalue weighted by molar-refractivity contribution is 0.0509. The molecule has 0 atom stereocenters. The van der Waals surface area contributed by atoms with E-state index in [1.165, 1.54) is 0 Å². The lowest BCUT2D eigenvalue weighted by Crippen LogP contribution is -2.09. The second-order valence-electron chi connectivity index (χ2n) is 3.55. The Balaban J connectivity index is 2.90. The van der Waals surface area contributed by atoms with E-state index in [4.69, 9.17) is 25.4 Å². The van der Waals surface area contributed by atoms with E-state index < -0.39 is 0 Å². The van der Waals surface area contributed by atoms with E-state index in [1.807, 2.05) is 0 Å². The third kappa shape index (κ3) is 13.4. The molecule has 16 heavy (non-hydrogen) atoms. The van der Waals surface area contributed by atoms with Gasteiger partial charge in [0.25, 0.3) is 0 Å². The van der Waals surface area contributed by atoms with Crippen molar-refractivity contribution in [3.8, 4) is 0 Å². The fourth-order valence-electron chi connectivity index (χ4n) is 1.13. The number of hydrogen-bond acceptors (Lipinski definition) is 4. The van der Waals surface area contributed by atoms with E-state index in [2.05, 4.69) is 0 Å². The summed E-state index contributed by atoms with van der Waals surface area (Å²) in [6.07, 6.45) is 3.48. The van der Waals surface area contributed by atoms with Gasteiger partial charge in [-0.1, -0.05) is 0 Å². The largest absolute Gasteiger partial charge is 0.388 e. The number of nitrogens with two attached hydrogens (primary N) is 1. The molecular weight excluding hydrogens is 208 g/mol. The molecule has 0 rings (SSSR count). The first kappa shape index (κ1) is 15.3. The van der Waals surface area contributed by atoms with Gasteiger partial charge in [-0.2, -0.15) is 0 Å². The molecule has 0 aliphatic carbocycles. The topological polar surface area (TPSA) is 77.6 Å². The van der Waals surface area contributed by atoms with Crippen LogP contribution in [0.3, 0.4) is 0 Å². The van der Waals surface area contributed by atoms with E-state index >= 15 is 0 Å². The molecular formula is C11H24N2O3. The summed E-state index contributed by atoms with van der Waals surface area (Å²) in [6.45, 7) is 3.48. The summed E-state index contributed by atoms with van der Waals surface area (Å²) in [5, 5.41) is 7.03. The summed E-state index contributed by atoms with van der Waals surface area (Å²) in [5.74, 6) is 0.256. The Labute approximate surface area is 97.8 Å². The Kier molecular flexibility index (Phi) is 11.9. The van der Waals surface area contributed by atoms with Gasteiger partial charge in [0.2, 0.25) is 0 Å². The van der Waals surface area contributed by atoms with Crippen molar-refractivity contribution in [3.63, 3.8) is 0 Å². The molecule has 0 aliphatic rings. The molecule has 5 nitrogen and oxygen atoms in total. The number of methoxy groups -OCH3 is 1. The van der Waals surface area contributed by atoms with Crippen LogP contribution in [-0.4, -0.2) is 46.0 Å². The number of nitrogens with one attached hydrogen (secondary N) is 1. The molecule has 5 heteroatoms. The van der Waals surface area contributed by atoms with E-state index in [9.17, 15) is 0 Å². The normalized spacial score (nSPS) is 10.6. The Morgan fingerprint density at radius 2 is 1.56 bits per heavy atom. The van der Waals surface area contributed by atoms with Gasteiger partial charge < -0.3 is 19.9 Å². The highest BCUT2D eigenvalue weighted by Crippen LogP contribution is 1.95. The maximum atomic E-state index is 7.03. The van der Waals surface area contributed by atoms with E-state index in [-0.39, 0.29) is 5.84 Å². The van der Waals surface area contributed by atoms with Crippen LogP contribution in [0.25, 0.3) is 0 Å². The summed E-state index contributed by atoms with van der Waals surface area (Å²) in [6, 6.07) is 0. The molecule has 3 N–H and O–H groups in total. The first-order chi connectivity index (χ1) is 7.77. The van der Waals surface area contributed by atoms with Crippen molar-refractivity contribution in [1.29, 1.82) is 5.41 Å². The van der Waals surface area contributed by atoms with Crippen molar-refractivity contribution >= 4 is 5.84 Å². The molecule has 0 aromatic heterocycles. The van der Waals surface area contributed by atoms with Crippen LogP contribution in [0, 0.1) is 5.41 Å². The van der Waals surface area contributed by atoms with Crippen LogP contribution >= 0.6 is 0 Å². The molecule has 0 radical (unpaired) electrons. The molecule has 0 saturated heterocycles. The molecule has 0 saturated carbocycles. The van der Waals surface area contributed by atoms with E-state index in [0.29, 0.717) is 19.6 Å². The number of ether oxygens (including phenoxy) is 3. The average Bonchev–Trinajstić information content (AvgIpc) is 2.25. The molecule has 96 valence electrons. The Morgan fingerprint density at radius 1 is 0.938 bits per heavy atom. The Morgan fingerprint density at radius 3 is 2.19 bits per heavy atom. The summed E-state index contributed by atoms with van der Waals surface area (Å²) < 4.78 is 15.5. The first-order valence-corrected chi connectivity index (χ1v) is 5.74. The molecule has 0 bridgehead atoms. The Hall–Kier alpha value is -0.650. The zero-order valence-electron chi connectivity index (χ0n) is 10.2. The third-order valence-electron chi connectivity index (χ3n) is 1.99. The second kappa shape index (κ2) is 12.4. The number of rotatable bonds is 12. The second-order valence-corrected chi connectivity index (χ2v) is 3.55. The lowest BCUT2D eigenvalue weighted by atomic mass is 10.2. The molecule has 0 spiro atoms. The number of hydrogen-bond donors (Lipinski definition) is 2. The Bertz CT molecular complexity index is 165. The lowest BCUT2D eigenvalue weighted by Gasteiger charge is -2.05. The smallest absolute Gasteiger partial charge is 0.0905 e. The van der Waals surface area contributed by atoms with Crippen LogP contribution in [-0.2, 0) is 14.2 Å². The highest BCUT2D eigenvalue weighted by molar-refractivity contribution is 5.76. The van der Waals surface area contributed by atoms with Gasteiger partial charge in [0, 0.05) is 33.4 Å². The van der Waals surface area contributed by atoms with Gasteiger partial charge in [-0.25, -0.2) is 0 Å². The predicted molar refractivity (Wildman–Crippen MR) is 63.9 cm³/mol. The molecule has 0 amide bonds.